The lowest BCUT2D eigenvalue weighted by atomic mass is 9.75. The Bertz CT molecular complexity index is 939. The van der Waals surface area contributed by atoms with Gasteiger partial charge in [0, 0.05) is 11.1 Å². The lowest BCUT2D eigenvalue weighted by Gasteiger charge is -2.50. The fraction of sp³-hybridized carbons (Fsp3) is 0.269. The zero-order valence-electron chi connectivity index (χ0n) is 16.9. The Labute approximate surface area is 167 Å². The van der Waals surface area contributed by atoms with Gasteiger partial charge in [0.05, 0.1) is 12.1 Å². The van der Waals surface area contributed by atoms with Crippen LogP contribution < -0.4 is 4.90 Å². The molecule has 0 bridgehead atoms. The number of benzene rings is 3. The number of carbonyl (C=O) groups excluding carboxylic acids is 1. The summed E-state index contributed by atoms with van der Waals surface area (Å²) in [7, 11) is 0. The van der Waals surface area contributed by atoms with E-state index in [1.807, 2.05) is 36.4 Å². The third-order valence-electron chi connectivity index (χ3n) is 5.95. The molecule has 3 aromatic carbocycles. The van der Waals surface area contributed by atoms with Gasteiger partial charge in [-0.15, -0.1) is 0 Å². The second-order valence-electron chi connectivity index (χ2n) is 8.78. The minimum Gasteiger partial charge on any atom is -0.323 e. The summed E-state index contributed by atoms with van der Waals surface area (Å²) in [6.45, 7) is 7.66. The standard InChI is InChI=1S/C26H27NO/c1-26(2,3)27-18-23(24(27)21-12-8-5-9-13-21)25(28)22-16-14-20(15-17-22)19-10-6-4-7-11-19/h4-17,23-24H,18H2,1-3H3/p+1/t23-,24-/m0/s1. The van der Waals surface area contributed by atoms with E-state index in [-0.39, 0.29) is 23.3 Å². The van der Waals surface area contributed by atoms with Crippen LogP contribution in [0.3, 0.4) is 0 Å². The van der Waals surface area contributed by atoms with Crippen LogP contribution in [-0.2, 0) is 0 Å². The molecule has 0 aromatic heterocycles. The fourth-order valence-electron chi connectivity index (χ4n) is 4.35. The van der Waals surface area contributed by atoms with Crippen molar-refractivity contribution in [2.45, 2.75) is 32.4 Å². The molecule has 0 saturated carbocycles. The van der Waals surface area contributed by atoms with E-state index >= 15 is 0 Å². The summed E-state index contributed by atoms with van der Waals surface area (Å²) >= 11 is 0. The highest BCUT2D eigenvalue weighted by Crippen LogP contribution is 2.30. The van der Waals surface area contributed by atoms with Crippen LogP contribution in [0.25, 0.3) is 11.1 Å². The summed E-state index contributed by atoms with van der Waals surface area (Å²) in [5, 5.41) is 0. The Kier molecular flexibility index (Phi) is 4.91. The third kappa shape index (κ3) is 3.53. The molecular formula is C26H28NO+. The minimum absolute atomic E-state index is 0.0409. The molecule has 1 heterocycles. The molecule has 3 aromatic rings. The number of Topliss-reactive ketones (excluding diaryl/α,β-unsaturated/α-hetero) is 1. The van der Waals surface area contributed by atoms with E-state index in [1.165, 1.54) is 16.0 Å². The number of hydrogen-bond donors (Lipinski definition) is 1. The van der Waals surface area contributed by atoms with Crippen LogP contribution in [0.15, 0.2) is 84.9 Å². The monoisotopic (exact) mass is 370 g/mol. The van der Waals surface area contributed by atoms with Crippen LogP contribution in [0.4, 0.5) is 0 Å². The van der Waals surface area contributed by atoms with E-state index in [0.717, 1.165) is 17.7 Å². The first-order chi connectivity index (χ1) is 13.4. The number of quaternary nitrogens is 1. The molecule has 1 unspecified atom stereocenters. The fourth-order valence-corrected chi connectivity index (χ4v) is 4.35. The summed E-state index contributed by atoms with van der Waals surface area (Å²) in [6, 6.07) is 29.1. The molecule has 3 atom stereocenters. The van der Waals surface area contributed by atoms with Gasteiger partial charge in [0.15, 0.2) is 5.78 Å². The number of likely N-dealkylation sites (tertiary alicyclic amines) is 1. The van der Waals surface area contributed by atoms with Crippen molar-refractivity contribution in [3.8, 4) is 11.1 Å². The number of ketones is 1. The number of hydrogen-bond acceptors (Lipinski definition) is 1. The second kappa shape index (κ2) is 7.37. The average Bonchev–Trinajstić information content (AvgIpc) is 2.68. The van der Waals surface area contributed by atoms with Gasteiger partial charge in [0.25, 0.3) is 0 Å². The first kappa shape index (κ1) is 18.6. The summed E-state index contributed by atoms with van der Waals surface area (Å²) in [4.78, 5) is 14.8. The first-order valence-electron chi connectivity index (χ1n) is 10.1. The molecule has 2 nitrogen and oxygen atoms in total. The number of rotatable bonds is 4. The van der Waals surface area contributed by atoms with Crippen molar-refractivity contribution < 1.29 is 9.69 Å². The molecule has 4 rings (SSSR count). The molecule has 2 heteroatoms. The first-order valence-corrected chi connectivity index (χ1v) is 10.1. The summed E-state index contributed by atoms with van der Waals surface area (Å²) < 4.78 is 0. The van der Waals surface area contributed by atoms with Gasteiger partial charge in [-0.2, -0.15) is 0 Å². The van der Waals surface area contributed by atoms with Gasteiger partial charge < -0.3 is 4.90 Å². The topological polar surface area (TPSA) is 21.5 Å². The Hall–Kier alpha value is -2.71. The van der Waals surface area contributed by atoms with Crippen molar-refractivity contribution >= 4 is 5.78 Å². The van der Waals surface area contributed by atoms with E-state index in [9.17, 15) is 4.79 Å². The number of carbonyl (C=O) groups is 1. The average molecular weight is 371 g/mol. The van der Waals surface area contributed by atoms with E-state index < -0.39 is 0 Å². The van der Waals surface area contributed by atoms with E-state index in [1.54, 1.807) is 0 Å². The molecule has 1 aliphatic rings. The van der Waals surface area contributed by atoms with Gasteiger partial charge in [-0.1, -0.05) is 84.9 Å². The highest BCUT2D eigenvalue weighted by atomic mass is 16.1. The molecule has 0 spiro atoms. The minimum atomic E-state index is 0.0409. The summed E-state index contributed by atoms with van der Waals surface area (Å²) in [6.07, 6.45) is 0. The number of nitrogens with one attached hydrogen (secondary N) is 1. The maximum absolute atomic E-state index is 13.3. The van der Waals surface area contributed by atoms with Gasteiger partial charge in [-0.25, -0.2) is 0 Å². The summed E-state index contributed by atoms with van der Waals surface area (Å²) in [5.41, 5.74) is 4.52. The molecule has 0 aliphatic carbocycles. The molecule has 1 N–H and O–H groups in total. The second-order valence-corrected chi connectivity index (χ2v) is 8.78. The van der Waals surface area contributed by atoms with Crippen LogP contribution >= 0.6 is 0 Å². The van der Waals surface area contributed by atoms with Crippen molar-refractivity contribution in [3.63, 3.8) is 0 Å². The summed E-state index contributed by atoms with van der Waals surface area (Å²) in [5.74, 6) is 0.306. The molecule has 0 radical (unpaired) electrons. The molecule has 0 amide bonds. The molecule has 1 fully saturated rings. The van der Waals surface area contributed by atoms with Crippen LogP contribution in [0.2, 0.25) is 0 Å². The van der Waals surface area contributed by atoms with Crippen molar-refractivity contribution in [2.75, 3.05) is 6.54 Å². The quantitative estimate of drug-likeness (QED) is 0.667. The largest absolute Gasteiger partial charge is 0.323 e. The predicted molar refractivity (Wildman–Crippen MR) is 114 cm³/mol. The lowest BCUT2D eigenvalue weighted by Crippen LogP contribution is -3.26. The Balaban J connectivity index is 1.59. The van der Waals surface area contributed by atoms with Crippen molar-refractivity contribution in [2.24, 2.45) is 5.92 Å². The van der Waals surface area contributed by atoms with E-state index in [2.05, 4.69) is 69.3 Å². The Morgan fingerprint density at radius 3 is 1.89 bits per heavy atom. The van der Waals surface area contributed by atoms with Crippen LogP contribution in [-0.4, -0.2) is 17.9 Å². The molecule has 1 aliphatic heterocycles. The maximum Gasteiger partial charge on any atom is 0.178 e. The van der Waals surface area contributed by atoms with Crippen molar-refractivity contribution in [1.82, 2.24) is 0 Å². The van der Waals surface area contributed by atoms with E-state index in [4.69, 9.17) is 0 Å². The Morgan fingerprint density at radius 2 is 1.32 bits per heavy atom. The predicted octanol–water partition coefficient (Wildman–Crippen LogP) is 4.59. The Morgan fingerprint density at radius 1 is 0.786 bits per heavy atom. The molecule has 28 heavy (non-hydrogen) atoms. The zero-order chi connectivity index (χ0) is 19.7. The highest BCUT2D eigenvalue weighted by Gasteiger charge is 2.53. The van der Waals surface area contributed by atoms with Crippen molar-refractivity contribution in [3.05, 3.63) is 96.1 Å². The van der Waals surface area contributed by atoms with Crippen LogP contribution in [0.1, 0.15) is 42.7 Å². The highest BCUT2D eigenvalue weighted by molar-refractivity contribution is 5.99. The van der Waals surface area contributed by atoms with Gasteiger partial charge in [-0.05, 0) is 31.9 Å². The van der Waals surface area contributed by atoms with Gasteiger partial charge in [0.2, 0.25) is 0 Å². The van der Waals surface area contributed by atoms with Gasteiger partial charge in [0.1, 0.15) is 12.0 Å². The zero-order valence-corrected chi connectivity index (χ0v) is 16.9. The smallest absolute Gasteiger partial charge is 0.178 e. The van der Waals surface area contributed by atoms with Gasteiger partial charge >= 0.3 is 0 Å². The SMILES string of the molecule is CC(C)(C)[NH+]1C[C@H](C(=O)c2ccc(-c3ccccc3)cc2)[C@@H]1c1ccccc1. The normalized spacial score (nSPS) is 21.8. The van der Waals surface area contributed by atoms with E-state index in [0.29, 0.717) is 0 Å². The maximum atomic E-state index is 13.3. The molecule has 142 valence electrons. The molecular weight excluding hydrogens is 342 g/mol. The van der Waals surface area contributed by atoms with Gasteiger partial charge in [-0.3, -0.25) is 4.79 Å². The van der Waals surface area contributed by atoms with Crippen molar-refractivity contribution in [1.29, 1.82) is 0 Å². The van der Waals surface area contributed by atoms with Crippen LogP contribution in [0.5, 0.6) is 0 Å². The third-order valence-corrected chi connectivity index (χ3v) is 5.95. The molecule has 1 saturated heterocycles. The van der Waals surface area contributed by atoms with Crippen LogP contribution in [0, 0.1) is 5.92 Å². The lowest BCUT2D eigenvalue weighted by molar-refractivity contribution is -1.02.